The molecule has 0 saturated carbocycles. The fourth-order valence-electron chi connectivity index (χ4n) is 2.74. The minimum absolute atomic E-state index is 0.112. The SMILES string of the molecule is CCOc1cc(OCC)c(C(C)(C)C)cc1C=CC(=O)c1ccc(O)cc1. The van der Waals surface area contributed by atoms with E-state index in [-0.39, 0.29) is 16.9 Å². The summed E-state index contributed by atoms with van der Waals surface area (Å²) in [5.74, 6) is 1.48. The maximum atomic E-state index is 12.4. The van der Waals surface area contributed by atoms with Crippen molar-refractivity contribution in [1.29, 1.82) is 0 Å². The quantitative estimate of drug-likeness (QED) is 0.526. The van der Waals surface area contributed by atoms with Gasteiger partial charge in [-0.2, -0.15) is 0 Å². The third kappa shape index (κ3) is 5.36. The van der Waals surface area contributed by atoms with Crippen molar-refractivity contribution < 1.29 is 19.4 Å². The van der Waals surface area contributed by atoms with Crippen LogP contribution in [0.2, 0.25) is 0 Å². The molecule has 27 heavy (non-hydrogen) atoms. The first-order valence-electron chi connectivity index (χ1n) is 9.21. The molecule has 0 bridgehead atoms. The van der Waals surface area contributed by atoms with E-state index in [1.807, 2.05) is 26.0 Å². The molecule has 0 aliphatic carbocycles. The monoisotopic (exact) mass is 368 g/mol. The van der Waals surface area contributed by atoms with E-state index in [0.717, 1.165) is 16.9 Å². The fraction of sp³-hybridized carbons (Fsp3) is 0.348. The minimum atomic E-state index is -0.136. The van der Waals surface area contributed by atoms with Crippen LogP contribution in [0, 0.1) is 0 Å². The first-order chi connectivity index (χ1) is 12.8. The lowest BCUT2D eigenvalue weighted by atomic mass is 9.85. The summed E-state index contributed by atoms with van der Waals surface area (Å²) in [6, 6.07) is 10.1. The van der Waals surface area contributed by atoms with Crippen molar-refractivity contribution in [2.75, 3.05) is 13.2 Å². The van der Waals surface area contributed by atoms with E-state index in [1.54, 1.807) is 18.2 Å². The molecule has 0 atom stereocenters. The van der Waals surface area contributed by atoms with E-state index in [0.29, 0.717) is 24.5 Å². The second-order valence-electron chi connectivity index (χ2n) is 7.25. The van der Waals surface area contributed by atoms with Gasteiger partial charge < -0.3 is 14.6 Å². The minimum Gasteiger partial charge on any atom is -0.508 e. The number of ether oxygens (including phenoxy) is 2. The Morgan fingerprint density at radius 2 is 1.59 bits per heavy atom. The van der Waals surface area contributed by atoms with E-state index >= 15 is 0 Å². The van der Waals surface area contributed by atoms with Crippen LogP contribution in [0.25, 0.3) is 6.08 Å². The molecule has 2 aromatic carbocycles. The molecule has 0 saturated heterocycles. The average Bonchev–Trinajstić information content (AvgIpc) is 2.61. The van der Waals surface area contributed by atoms with Gasteiger partial charge in [-0.15, -0.1) is 0 Å². The molecule has 4 nitrogen and oxygen atoms in total. The summed E-state index contributed by atoms with van der Waals surface area (Å²) in [7, 11) is 0. The van der Waals surface area contributed by atoms with Crippen molar-refractivity contribution in [1.82, 2.24) is 0 Å². The standard InChI is InChI=1S/C23H28O4/c1-6-26-21-15-22(27-7-2)19(23(3,4)5)14-17(21)10-13-20(25)16-8-11-18(24)12-9-16/h8-15,24H,6-7H2,1-5H3. The smallest absolute Gasteiger partial charge is 0.185 e. The van der Waals surface area contributed by atoms with Crippen LogP contribution in [0.4, 0.5) is 0 Å². The van der Waals surface area contributed by atoms with E-state index in [9.17, 15) is 9.90 Å². The maximum absolute atomic E-state index is 12.4. The molecule has 144 valence electrons. The lowest BCUT2D eigenvalue weighted by Crippen LogP contribution is -2.14. The summed E-state index contributed by atoms with van der Waals surface area (Å²) in [4.78, 5) is 12.4. The van der Waals surface area contributed by atoms with Gasteiger partial charge in [-0.3, -0.25) is 4.79 Å². The zero-order chi connectivity index (χ0) is 20.0. The van der Waals surface area contributed by atoms with Crippen molar-refractivity contribution in [3.63, 3.8) is 0 Å². The van der Waals surface area contributed by atoms with Crippen LogP contribution in [0.1, 0.15) is 56.1 Å². The molecule has 0 fully saturated rings. The number of hydrogen-bond donors (Lipinski definition) is 1. The molecule has 0 heterocycles. The number of phenolic OH excluding ortho intramolecular Hbond substituents is 1. The number of rotatable bonds is 7. The summed E-state index contributed by atoms with van der Waals surface area (Å²) < 4.78 is 11.6. The van der Waals surface area contributed by atoms with Crippen molar-refractivity contribution in [2.24, 2.45) is 0 Å². The molecule has 4 heteroatoms. The molecule has 0 aromatic heterocycles. The van der Waals surface area contributed by atoms with Crippen LogP contribution in [-0.4, -0.2) is 24.1 Å². The van der Waals surface area contributed by atoms with Crippen LogP contribution in [-0.2, 0) is 5.41 Å². The topological polar surface area (TPSA) is 55.8 Å². The number of allylic oxidation sites excluding steroid dienone is 1. The Labute approximate surface area is 161 Å². The number of aromatic hydroxyl groups is 1. The van der Waals surface area contributed by atoms with Gasteiger partial charge in [-0.05, 0) is 61.7 Å². The summed E-state index contributed by atoms with van der Waals surface area (Å²) in [6.45, 7) is 11.3. The molecule has 0 aliphatic rings. The zero-order valence-electron chi connectivity index (χ0n) is 16.7. The molecule has 1 N–H and O–H groups in total. The summed E-state index contributed by atoms with van der Waals surface area (Å²) in [5.41, 5.74) is 2.30. The Kier molecular flexibility index (Phi) is 6.67. The molecular weight excluding hydrogens is 340 g/mol. The third-order valence-electron chi connectivity index (χ3n) is 4.09. The van der Waals surface area contributed by atoms with Crippen LogP contribution in [0.5, 0.6) is 17.2 Å². The predicted molar refractivity (Wildman–Crippen MR) is 109 cm³/mol. The fourth-order valence-corrected chi connectivity index (χ4v) is 2.74. The molecule has 2 rings (SSSR count). The Morgan fingerprint density at radius 3 is 2.15 bits per heavy atom. The van der Waals surface area contributed by atoms with E-state index in [1.165, 1.54) is 18.2 Å². The number of carbonyl (C=O) groups excluding carboxylic acids is 1. The first kappa shape index (κ1) is 20.6. The Bertz CT molecular complexity index is 812. The third-order valence-corrected chi connectivity index (χ3v) is 4.09. The summed E-state index contributed by atoms with van der Waals surface area (Å²) in [5, 5.41) is 9.36. The highest BCUT2D eigenvalue weighted by Gasteiger charge is 2.21. The van der Waals surface area contributed by atoms with Crippen molar-refractivity contribution in [2.45, 2.75) is 40.0 Å². The highest BCUT2D eigenvalue weighted by atomic mass is 16.5. The van der Waals surface area contributed by atoms with E-state index in [2.05, 4.69) is 20.8 Å². The highest BCUT2D eigenvalue weighted by molar-refractivity contribution is 6.07. The van der Waals surface area contributed by atoms with Crippen molar-refractivity contribution in [3.05, 3.63) is 59.2 Å². The van der Waals surface area contributed by atoms with Gasteiger partial charge >= 0.3 is 0 Å². The van der Waals surface area contributed by atoms with Gasteiger partial charge in [0.05, 0.1) is 13.2 Å². The summed E-state index contributed by atoms with van der Waals surface area (Å²) >= 11 is 0. The summed E-state index contributed by atoms with van der Waals surface area (Å²) in [6.07, 6.45) is 3.29. The average molecular weight is 368 g/mol. The molecule has 0 radical (unpaired) electrons. The predicted octanol–water partition coefficient (Wildman–Crippen LogP) is 5.38. The highest BCUT2D eigenvalue weighted by Crippen LogP contribution is 2.37. The van der Waals surface area contributed by atoms with E-state index < -0.39 is 0 Å². The van der Waals surface area contributed by atoms with Gasteiger partial charge in [0.15, 0.2) is 5.78 Å². The van der Waals surface area contributed by atoms with Crippen LogP contribution < -0.4 is 9.47 Å². The molecule has 0 unspecified atom stereocenters. The maximum Gasteiger partial charge on any atom is 0.185 e. The Hall–Kier alpha value is -2.75. The van der Waals surface area contributed by atoms with Gasteiger partial charge in [0.1, 0.15) is 17.2 Å². The molecule has 0 spiro atoms. The number of ketones is 1. The molecule has 2 aromatic rings. The lowest BCUT2D eigenvalue weighted by Gasteiger charge is -2.24. The number of hydrogen-bond acceptors (Lipinski definition) is 4. The zero-order valence-corrected chi connectivity index (χ0v) is 16.7. The van der Waals surface area contributed by atoms with Crippen molar-refractivity contribution in [3.8, 4) is 17.2 Å². The van der Waals surface area contributed by atoms with Gasteiger partial charge in [0.25, 0.3) is 0 Å². The van der Waals surface area contributed by atoms with Crippen molar-refractivity contribution >= 4 is 11.9 Å². The largest absolute Gasteiger partial charge is 0.508 e. The first-order valence-corrected chi connectivity index (χ1v) is 9.21. The van der Waals surface area contributed by atoms with Crippen LogP contribution >= 0.6 is 0 Å². The van der Waals surface area contributed by atoms with Gasteiger partial charge in [0, 0.05) is 22.8 Å². The normalized spacial score (nSPS) is 11.6. The molecule has 0 aliphatic heterocycles. The van der Waals surface area contributed by atoms with E-state index in [4.69, 9.17) is 9.47 Å². The van der Waals surface area contributed by atoms with Gasteiger partial charge in [-0.1, -0.05) is 20.8 Å². The Morgan fingerprint density at radius 1 is 1.00 bits per heavy atom. The second-order valence-corrected chi connectivity index (χ2v) is 7.25. The van der Waals surface area contributed by atoms with Crippen LogP contribution in [0.3, 0.4) is 0 Å². The number of benzene rings is 2. The second kappa shape index (κ2) is 8.76. The lowest BCUT2D eigenvalue weighted by molar-refractivity contribution is 0.104. The number of carbonyl (C=O) groups is 1. The van der Waals surface area contributed by atoms with Gasteiger partial charge in [-0.25, -0.2) is 0 Å². The van der Waals surface area contributed by atoms with Crippen LogP contribution in [0.15, 0.2) is 42.5 Å². The molecular formula is C23H28O4. The Balaban J connectivity index is 2.43. The molecule has 0 amide bonds. The number of phenols is 1. The van der Waals surface area contributed by atoms with Gasteiger partial charge in [0.2, 0.25) is 0 Å².